The molecule has 0 radical (unpaired) electrons. The van der Waals surface area contributed by atoms with Gasteiger partial charge in [0.1, 0.15) is 38.6 Å². The van der Waals surface area contributed by atoms with E-state index in [0.717, 1.165) is 59.3 Å². The van der Waals surface area contributed by atoms with Gasteiger partial charge < -0.3 is 38.0 Å². The standard InChI is InChI=1S/C20H18O.C20H18.C18H24O.C15H13NO3.C7H8O.C5H5NO2.C3H6O.C2H6O2S.3C2H6O.C2H6/c1-21-19-13-11-16(12-14-19)15-18-9-5-6-10-20(18)17-7-3-2-4-8-17;1-16-11-13-17(14-12-16)15-19-9-5-6-10-20(19)18-7-3-2-4-8-18;1-17-8-13-7-14(9-17)11-18(10-13,12-17)15-3-5-16(19-2)6-4-15;1-19-11-7-8-12-13(9-11)15(18)16(14(12)17)10-5-3-2-4-6-10;1-8-7-5-3-2-4-6-7;1-6-4(7)2-3-5(6)8;1-3(2)4;1-5(2,3)4;3*1-3-2;1-2/h2-14H,15H2,1H3;2-14H,15H2,1H3;3-6,13-14H,7-12H2,1-2H3;2-9,12-13H,1H3;2-6H,1H3;2-3H,1H3;1-2H3;1-2H3;3*1-2H3;1-2H3/t;;13-,14?,17?,18?;12-,13?;;;;;;;;/m..00......../s1. The van der Waals surface area contributed by atoms with Crippen LogP contribution in [0.5, 0.6) is 17.2 Å². The molecule has 2 heterocycles. The van der Waals surface area contributed by atoms with Gasteiger partial charge in [-0.15, -0.1) is 0 Å². The predicted molar refractivity (Wildman–Crippen MR) is 468 cm³/mol. The van der Waals surface area contributed by atoms with Gasteiger partial charge in [0.15, 0.2) is 0 Å². The summed E-state index contributed by atoms with van der Waals surface area (Å²) in [4.78, 5) is 57.3. The summed E-state index contributed by atoms with van der Waals surface area (Å²) in [6.07, 6.45) is 20.7. The molecule has 2 aliphatic heterocycles. The summed E-state index contributed by atoms with van der Waals surface area (Å²) >= 11 is 0. The Morgan fingerprint density at radius 1 is 0.452 bits per heavy atom. The highest BCUT2D eigenvalue weighted by molar-refractivity contribution is 7.89. The smallest absolute Gasteiger partial charge is 0.253 e. The molecule has 17 heteroatoms. The number of aryl methyl sites for hydroxylation is 1. The average Bonchev–Trinajstić information content (AvgIpc) is 1.32. The summed E-state index contributed by atoms with van der Waals surface area (Å²) in [7, 11) is 15.2. The molecule has 0 aromatic heterocycles. The zero-order valence-electron chi connectivity index (χ0n) is 71.0. The van der Waals surface area contributed by atoms with Crippen LogP contribution in [-0.2, 0) is 71.0 Å². The van der Waals surface area contributed by atoms with Crippen molar-refractivity contribution in [3.63, 3.8) is 0 Å². The van der Waals surface area contributed by atoms with E-state index >= 15 is 0 Å². The van der Waals surface area contributed by atoms with Crippen molar-refractivity contribution in [2.24, 2.45) is 29.1 Å². The highest BCUT2D eigenvalue weighted by atomic mass is 32.2. The van der Waals surface area contributed by atoms with E-state index in [1.807, 2.05) is 74.5 Å². The summed E-state index contributed by atoms with van der Waals surface area (Å²) in [6, 6.07) is 83.1. The number of ketones is 1. The molecular weight excluding hydrogens is 1460 g/mol. The van der Waals surface area contributed by atoms with Gasteiger partial charge in [0, 0.05) is 74.4 Å². The van der Waals surface area contributed by atoms with Crippen LogP contribution in [0.15, 0.2) is 279 Å². The summed E-state index contributed by atoms with van der Waals surface area (Å²) in [5.74, 6) is 3.86. The van der Waals surface area contributed by atoms with Crippen molar-refractivity contribution < 1.29 is 65.5 Å². The minimum atomic E-state index is -2.67. The third-order valence-corrected chi connectivity index (χ3v) is 18.8. The van der Waals surface area contributed by atoms with Gasteiger partial charge in [-0.25, -0.2) is 13.3 Å². The molecule has 9 aromatic carbocycles. The zero-order chi connectivity index (χ0) is 84.9. The second kappa shape index (κ2) is 51.1. The molecule has 16 rings (SSSR count). The van der Waals surface area contributed by atoms with Crippen molar-refractivity contribution in [3.8, 4) is 39.5 Å². The first-order chi connectivity index (χ1) is 55.1. The van der Waals surface area contributed by atoms with Crippen molar-refractivity contribution in [2.45, 2.75) is 98.3 Å². The zero-order valence-corrected chi connectivity index (χ0v) is 71.8. The summed E-state index contributed by atoms with van der Waals surface area (Å²) in [6.45, 7) is 11.7. The Morgan fingerprint density at radius 2 is 0.800 bits per heavy atom. The Balaban J connectivity index is 0.000000283. The molecule has 4 saturated carbocycles. The van der Waals surface area contributed by atoms with E-state index in [1.54, 1.807) is 107 Å². The number of fused-ring (bicyclic) bond motifs is 1. The molecule has 16 nitrogen and oxygen atoms in total. The Morgan fingerprint density at radius 3 is 1.17 bits per heavy atom. The van der Waals surface area contributed by atoms with Crippen LogP contribution in [0.3, 0.4) is 0 Å². The van der Waals surface area contributed by atoms with Gasteiger partial charge in [-0.05, 0) is 206 Å². The van der Waals surface area contributed by atoms with Crippen LogP contribution in [0.4, 0.5) is 5.69 Å². The number of ether oxygens (including phenoxy) is 7. The van der Waals surface area contributed by atoms with E-state index in [-0.39, 0.29) is 29.4 Å². The van der Waals surface area contributed by atoms with Gasteiger partial charge in [0.2, 0.25) is 11.8 Å². The van der Waals surface area contributed by atoms with Gasteiger partial charge in [0.05, 0.1) is 46.0 Å². The minimum Gasteiger partial charge on any atom is -0.497 e. The number of anilines is 1. The lowest BCUT2D eigenvalue weighted by Gasteiger charge is -2.61. The fraction of sp³-hybridized carbons (Fsp3) is 0.337. The lowest BCUT2D eigenvalue weighted by Crippen LogP contribution is -2.52. The molecule has 9 aromatic rings. The van der Waals surface area contributed by atoms with Crippen LogP contribution in [-0.4, -0.2) is 133 Å². The van der Waals surface area contributed by atoms with Crippen molar-refractivity contribution in [1.29, 1.82) is 0 Å². The Bertz CT molecular complexity index is 4500. The first-order valence-corrected chi connectivity index (χ1v) is 40.8. The topological polar surface area (TPSA) is 191 Å². The molecule has 5 aliphatic carbocycles. The van der Waals surface area contributed by atoms with Crippen LogP contribution in [0, 0.1) is 36.0 Å². The molecule has 7 aliphatic rings. The molecule has 4 bridgehead atoms. The molecular formula is C98H122N2O14S. The quantitative estimate of drug-likeness (QED) is 0.105. The monoisotopic (exact) mass is 1580 g/mol. The largest absolute Gasteiger partial charge is 0.497 e. The van der Waals surface area contributed by atoms with Gasteiger partial charge in [-0.1, -0.05) is 227 Å². The van der Waals surface area contributed by atoms with Crippen LogP contribution < -0.4 is 19.1 Å². The summed E-state index contributed by atoms with van der Waals surface area (Å²) in [5.41, 5.74) is 15.2. The number of allylic oxidation sites excluding steroid dienone is 1. The highest BCUT2D eigenvalue weighted by Crippen LogP contribution is 2.65. The van der Waals surface area contributed by atoms with E-state index in [2.05, 4.69) is 198 Å². The maximum absolute atomic E-state index is 12.4. The van der Waals surface area contributed by atoms with Gasteiger partial charge in [0.25, 0.3) is 11.8 Å². The SMILES string of the molecule is CC.CC(C)=O.CN1C(=O)C=CC1=O.COC.COC.COC.COC1=CC2C(=O)N(c3ccccc3)C(=O)[C@H]2C=C1.COc1ccc(C23CC4C[C@@H](CC(C)(C4)C2)C3)cc1.COc1ccc(Cc2ccccc2-c2ccccc2)cc1.COc1ccccc1.CS(C)(=O)=O.Cc1ccc(Cc2ccccc2-c2ccccc2)cc1. The van der Waals surface area contributed by atoms with Crippen molar-refractivity contribution >= 4 is 44.9 Å². The van der Waals surface area contributed by atoms with Crippen molar-refractivity contribution in [2.75, 3.05) is 95.6 Å². The van der Waals surface area contributed by atoms with Crippen LogP contribution in [0.1, 0.15) is 107 Å². The third kappa shape index (κ3) is 32.9. The maximum atomic E-state index is 12.4. The Hall–Kier alpha value is -10.8. The number of para-hydroxylation sites is 2. The van der Waals surface area contributed by atoms with Gasteiger partial charge in [-0.3, -0.25) is 24.1 Å². The molecule has 0 N–H and O–H groups in total. The number of imide groups is 2. The highest BCUT2D eigenvalue weighted by Gasteiger charge is 2.56. The van der Waals surface area contributed by atoms with Crippen LogP contribution in [0.2, 0.25) is 0 Å². The average molecular weight is 1580 g/mol. The third-order valence-electron chi connectivity index (χ3n) is 18.8. The van der Waals surface area contributed by atoms with E-state index < -0.39 is 21.7 Å². The fourth-order valence-corrected chi connectivity index (χ4v) is 14.6. The van der Waals surface area contributed by atoms with E-state index in [0.29, 0.717) is 22.3 Å². The molecule has 115 heavy (non-hydrogen) atoms. The second-order valence-corrected chi connectivity index (χ2v) is 31.2. The molecule has 4 amide bonds. The normalized spacial score (nSPS) is 18.2. The van der Waals surface area contributed by atoms with Crippen molar-refractivity contribution in [1.82, 2.24) is 4.90 Å². The number of hydrogen-bond donors (Lipinski definition) is 0. The molecule has 1 saturated heterocycles. The maximum Gasteiger partial charge on any atom is 0.253 e. The number of rotatable bonds is 12. The number of carbonyl (C=O) groups excluding carboxylic acids is 5. The molecule has 5 fully saturated rings. The van der Waals surface area contributed by atoms with Gasteiger partial charge in [-0.2, -0.15) is 0 Å². The Labute approximate surface area is 686 Å². The lowest BCUT2D eigenvalue weighted by molar-refractivity contribution is -0.135. The molecule has 6 atom stereocenters. The van der Waals surface area contributed by atoms with Crippen LogP contribution in [0.25, 0.3) is 22.3 Å². The van der Waals surface area contributed by atoms with E-state index in [9.17, 15) is 32.4 Å². The number of sulfone groups is 1. The summed E-state index contributed by atoms with van der Waals surface area (Å²) < 4.78 is 52.6. The van der Waals surface area contributed by atoms with E-state index in [1.165, 1.54) is 127 Å². The number of amides is 4. The van der Waals surface area contributed by atoms with Gasteiger partial charge >= 0.3 is 0 Å². The predicted octanol–water partition coefficient (Wildman–Crippen LogP) is 20.0. The summed E-state index contributed by atoms with van der Waals surface area (Å²) in [5, 5.41) is 0. The number of carbonyl (C=O) groups is 5. The number of benzene rings is 9. The first-order valence-electron chi connectivity index (χ1n) is 38.5. The first kappa shape index (κ1) is 96.5. The minimum absolute atomic E-state index is 0.167. The molecule has 4 unspecified atom stereocenters. The number of likely N-dealkylation sites (N-methyl/N-ethyl adjacent to an activating group) is 1. The number of Topliss-reactive ketones (excluding diaryl/α,β-unsaturated/α-hetero) is 1. The number of hydrogen-bond acceptors (Lipinski definition) is 14. The van der Waals surface area contributed by atoms with Crippen LogP contribution >= 0.6 is 0 Å². The van der Waals surface area contributed by atoms with E-state index in [4.69, 9.17) is 18.9 Å². The number of nitrogens with zero attached hydrogens (tertiary/aromatic N) is 2. The number of methoxy groups -OCH3 is 7. The second-order valence-electron chi connectivity index (χ2n) is 28.9. The molecule has 614 valence electrons. The Kier molecular flexibility index (Phi) is 42.9. The molecule has 0 spiro atoms. The lowest BCUT2D eigenvalue weighted by atomic mass is 9.43. The fourth-order valence-electron chi connectivity index (χ4n) is 14.6. The van der Waals surface area contributed by atoms with Crippen molar-refractivity contribution in [3.05, 3.63) is 312 Å².